The van der Waals surface area contributed by atoms with Crippen LogP contribution >= 0.6 is 11.8 Å². The van der Waals surface area contributed by atoms with Crippen LogP contribution in [-0.4, -0.2) is 45.0 Å². The van der Waals surface area contributed by atoms with Crippen LogP contribution in [0.15, 0.2) is 28.8 Å². The summed E-state index contributed by atoms with van der Waals surface area (Å²) < 4.78 is 5.52. The number of amides is 1. The van der Waals surface area contributed by atoms with E-state index in [4.69, 9.17) is 4.52 Å². The van der Waals surface area contributed by atoms with E-state index in [1.54, 1.807) is 0 Å². The summed E-state index contributed by atoms with van der Waals surface area (Å²) in [6.45, 7) is 3.75. The minimum atomic E-state index is 0.299. The highest BCUT2D eigenvalue weighted by atomic mass is 32.2. The molecule has 1 saturated heterocycles. The molecule has 0 bridgehead atoms. The smallest absolute Gasteiger partial charge is 0.232 e. The maximum absolute atomic E-state index is 12.6. The third-order valence-corrected chi connectivity index (χ3v) is 7.29. The fourth-order valence-electron chi connectivity index (χ4n) is 4.31. The van der Waals surface area contributed by atoms with Gasteiger partial charge in [0, 0.05) is 30.3 Å². The highest BCUT2D eigenvalue weighted by Gasteiger charge is 2.26. The Bertz CT molecular complexity index is 801. The van der Waals surface area contributed by atoms with E-state index in [-0.39, 0.29) is 0 Å². The zero-order valence-corrected chi connectivity index (χ0v) is 17.4. The lowest BCUT2D eigenvalue weighted by atomic mass is 9.95. The van der Waals surface area contributed by atoms with Gasteiger partial charge < -0.3 is 9.42 Å². The number of piperidine rings is 1. The SMILES string of the molecule is Cc1ccccc1-c1noc(C[C@@H]2CCCN(C(=O)CSC3CCCC3)C2)n1. The average molecular weight is 400 g/mol. The van der Waals surface area contributed by atoms with Crippen LogP contribution < -0.4 is 0 Å². The molecule has 0 N–H and O–H groups in total. The first-order valence-electron chi connectivity index (χ1n) is 10.5. The molecule has 1 aliphatic carbocycles. The summed E-state index contributed by atoms with van der Waals surface area (Å²) in [6, 6.07) is 8.08. The summed E-state index contributed by atoms with van der Waals surface area (Å²) in [7, 11) is 0. The second-order valence-electron chi connectivity index (χ2n) is 8.10. The van der Waals surface area contributed by atoms with Crippen molar-refractivity contribution < 1.29 is 9.32 Å². The second-order valence-corrected chi connectivity index (χ2v) is 9.38. The molecular weight excluding hydrogens is 370 g/mol. The molecule has 2 heterocycles. The van der Waals surface area contributed by atoms with Crippen molar-refractivity contribution in [3.05, 3.63) is 35.7 Å². The summed E-state index contributed by atoms with van der Waals surface area (Å²) in [5.74, 6) is 2.67. The monoisotopic (exact) mass is 399 g/mol. The molecule has 28 heavy (non-hydrogen) atoms. The van der Waals surface area contributed by atoms with Gasteiger partial charge in [-0.3, -0.25) is 4.79 Å². The lowest BCUT2D eigenvalue weighted by Gasteiger charge is -2.32. The number of likely N-dealkylation sites (tertiary alicyclic amines) is 1. The van der Waals surface area contributed by atoms with Crippen molar-refractivity contribution in [1.29, 1.82) is 0 Å². The Morgan fingerprint density at radius 1 is 1.21 bits per heavy atom. The number of benzene rings is 1. The molecule has 1 amide bonds. The van der Waals surface area contributed by atoms with E-state index < -0.39 is 0 Å². The fourth-order valence-corrected chi connectivity index (χ4v) is 5.54. The summed E-state index contributed by atoms with van der Waals surface area (Å²) in [6.07, 6.45) is 8.13. The minimum absolute atomic E-state index is 0.299. The first-order chi connectivity index (χ1) is 13.7. The average Bonchev–Trinajstić information content (AvgIpc) is 3.39. The third-order valence-electron chi connectivity index (χ3n) is 5.93. The molecule has 1 saturated carbocycles. The van der Waals surface area contributed by atoms with Gasteiger partial charge in [-0.05, 0) is 44.1 Å². The summed E-state index contributed by atoms with van der Waals surface area (Å²) in [5, 5.41) is 4.87. The molecule has 1 atom stereocenters. The highest BCUT2D eigenvalue weighted by molar-refractivity contribution is 8.00. The molecule has 2 aliphatic rings. The molecule has 1 aromatic carbocycles. The van der Waals surface area contributed by atoms with Gasteiger partial charge in [0.1, 0.15) is 0 Å². The predicted octanol–water partition coefficient (Wildman–Crippen LogP) is 4.50. The first kappa shape index (κ1) is 19.5. The van der Waals surface area contributed by atoms with Crippen LogP contribution in [0, 0.1) is 12.8 Å². The number of rotatable bonds is 6. The predicted molar refractivity (Wildman–Crippen MR) is 112 cm³/mol. The Labute approximate surface area is 171 Å². The van der Waals surface area contributed by atoms with E-state index in [1.807, 2.05) is 30.0 Å². The van der Waals surface area contributed by atoms with Crippen LogP contribution in [0.4, 0.5) is 0 Å². The van der Waals surface area contributed by atoms with Gasteiger partial charge in [0.25, 0.3) is 0 Å². The molecule has 6 heteroatoms. The summed E-state index contributed by atoms with van der Waals surface area (Å²) in [4.78, 5) is 19.3. The summed E-state index contributed by atoms with van der Waals surface area (Å²) in [5.41, 5.74) is 2.16. The number of nitrogens with zero attached hydrogens (tertiary/aromatic N) is 3. The van der Waals surface area contributed by atoms with Gasteiger partial charge in [-0.2, -0.15) is 4.98 Å². The van der Waals surface area contributed by atoms with E-state index in [9.17, 15) is 4.79 Å². The second kappa shape index (κ2) is 9.12. The van der Waals surface area contributed by atoms with Crippen LogP contribution in [0.2, 0.25) is 0 Å². The molecule has 2 fully saturated rings. The molecule has 5 nitrogen and oxygen atoms in total. The fraction of sp³-hybridized carbons (Fsp3) is 0.591. The zero-order valence-electron chi connectivity index (χ0n) is 16.6. The van der Waals surface area contributed by atoms with Gasteiger partial charge in [-0.1, -0.05) is 42.3 Å². The number of hydrogen-bond acceptors (Lipinski definition) is 5. The van der Waals surface area contributed by atoms with Crippen molar-refractivity contribution in [3.8, 4) is 11.4 Å². The topological polar surface area (TPSA) is 59.2 Å². The van der Waals surface area contributed by atoms with Crippen LogP contribution in [-0.2, 0) is 11.2 Å². The molecule has 2 aromatic rings. The number of carbonyl (C=O) groups excluding carboxylic acids is 1. The Balaban J connectivity index is 1.31. The third kappa shape index (κ3) is 4.77. The van der Waals surface area contributed by atoms with E-state index >= 15 is 0 Å². The maximum Gasteiger partial charge on any atom is 0.232 e. The molecule has 0 radical (unpaired) electrons. The van der Waals surface area contributed by atoms with Crippen molar-refractivity contribution >= 4 is 17.7 Å². The largest absolute Gasteiger partial charge is 0.342 e. The summed E-state index contributed by atoms with van der Waals surface area (Å²) >= 11 is 1.86. The van der Waals surface area contributed by atoms with Crippen LogP contribution in [0.1, 0.15) is 50.0 Å². The van der Waals surface area contributed by atoms with Crippen molar-refractivity contribution in [2.24, 2.45) is 5.92 Å². The molecule has 0 spiro atoms. The van der Waals surface area contributed by atoms with Crippen molar-refractivity contribution in [2.45, 2.75) is 57.1 Å². The lowest BCUT2D eigenvalue weighted by molar-refractivity contribution is -0.130. The molecular formula is C22H29N3O2S. The van der Waals surface area contributed by atoms with Gasteiger partial charge in [0.15, 0.2) is 0 Å². The van der Waals surface area contributed by atoms with E-state index in [2.05, 4.69) is 28.0 Å². The standard InChI is InChI=1S/C22H29N3O2S/c1-16-7-2-5-11-19(16)22-23-20(27-24-22)13-17-8-6-12-25(14-17)21(26)15-28-18-9-3-4-10-18/h2,5,7,11,17-18H,3-4,6,8-10,12-15H2,1H3/t17-/m0/s1. The number of hydrogen-bond donors (Lipinski definition) is 0. The molecule has 0 unspecified atom stereocenters. The molecule has 1 aromatic heterocycles. The van der Waals surface area contributed by atoms with Crippen LogP contribution in [0.3, 0.4) is 0 Å². The van der Waals surface area contributed by atoms with Crippen LogP contribution in [0.25, 0.3) is 11.4 Å². The Morgan fingerprint density at radius 3 is 2.86 bits per heavy atom. The Hall–Kier alpha value is -1.82. The number of aryl methyl sites for hydroxylation is 1. The zero-order chi connectivity index (χ0) is 19.3. The van der Waals surface area contributed by atoms with Gasteiger partial charge in [-0.15, -0.1) is 11.8 Å². The Kier molecular flexibility index (Phi) is 6.35. The number of aromatic nitrogens is 2. The lowest BCUT2D eigenvalue weighted by Crippen LogP contribution is -2.41. The quantitative estimate of drug-likeness (QED) is 0.716. The minimum Gasteiger partial charge on any atom is -0.342 e. The van der Waals surface area contributed by atoms with Crippen molar-refractivity contribution in [3.63, 3.8) is 0 Å². The van der Waals surface area contributed by atoms with Gasteiger partial charge in [-0.25, -0.2) is 0 Å². The Morgan fingerprint density at radius 2 is 2.04 bits per heavy atom. The number of thioether (sulfide) groups is 1. The van der Waals surface area contributed by atoms with Gasteiger partial charge in [0.05, 0.1) is 5.75 Å². The molecule has 150 valence electrons. The first-order valence-corrected chi connectivity index (χ1v) is 11.5. The van der Waals surface area contributed by atoms with Crippen LogP contribution in [0.5, 0.6) is 0 Å². The highest BCUT2D eigenvalue weighted by Crippen LogP contribution is 2.30. The number of carbonyl (C=O) groups is 1. The molecule has 4 rings (SSSR count). The van der Waals surface area contributed by atoms with Crippen molar-refractivity contribution in [1.82, 2.24) is 15.0 Å². The maximum atomic E-state index is 12.6. The van der Waals surface area contributed by atoms with Gasteiger partial charge in [0.2, 0.25) is 17.6 Å². The molecule has 1 aliphatic heterocycles. The van der Waals surface area contributed by atoms with E-state index in [1.165, 1.54) is 25.7 Å². The normalized spacial score (nSPS) is 20.6. The van der Waals surface area contributed by atoms with E-state index in [0.29, 0.717) is 34.5 Å². The van der Waals surface area contributed by atoms with Gasteiger partial charge >= 0.3 is 0 Å². The van der Waals surface area contributed by atoms with E-state index in [0.717, 1.165) is 43.5 Å². The van der Waals surface area contributed by atoms with Crippen molar-refractivity contribution in [2.75, 3.05) is 18.8 Å².